The van der Waals surface area contributed by atoms with E-state index in [1.165, 1.54) is 47.3 Å². The second-order valence-electron chi connectivity index (χ2n) is 9.74. The molecule has 1 fully saturated rings. The van der Waals surface area contributed by atoms with E-state index in [9.17, 15) is 18.0 Å². The van der Waals surface area contributed by atoms with Gasteiger partial charge in [-0.1, -0.05) is 43.8 Å². The lowest BCUT2D eigenvalue weighted by molar-refractivity contribution is -0.274. The van der Waals surface area contributed by atoms with Gasteiger partial charge < -0.3 is 4.74 Å². The van der Waals surface area contributed by atoms with E-state index in [2.05, 4.69) is 33.7 Å². The number of hydrazone groups is 1. The number of nitrogens with zero attached hydrogens (tertiary/aromatic N) is 6. The molecule has 1 aliphatic heterocycles. The minimum absolute atomic E-state index is 0.164. The van der Waals surface area contributed by atoms with Gasteiger partial charge in [-0.3, -0.25) is 9.36 Å². The van der Waals surface area contributed by atoms with E-state index >= 15 is 0 Å². The molecule has 0 atom stereocenters. The number of thioether (sulfide) groups is 1. The zero-order chi connectivity index (χ0) is 29.4. The van der Waals surface area contributed by atoms with Crippen molar-refractivity contribution < 1.29 is 22.7 Å². The number of rotatable bonds is 6. The summed E-state index contributed by atoms with van der Waals surface area (Å²) >= 11 is 1.34. The molecule has 1 aliphatic rings. The number of para-hydroxylation sites is 1. The normalized spacial score (nSPS) is 15.2. The number of benzene rings is 3. The Morgan fingerprint density at radius 2 is 1.81 bits per heavy atom. The van der Waals surface area contributed by atoms with Crippen molar-refractivity contribution in [2.45, 2.75) is 26.1 Å². The van der Waals surface area contributed by atoms with Crippen LogP contribution < -0.4 is 4.74 Å². The lowest BCUT2D eigenvalue weighted by Gasteiger charge is -2.12. The largest absolute Gasteiger partial charge is 0.573 e. The predicted octanol–water partition coefficient (Wildman–Crippen LogP) is 7.19. The molecule has 212 valence electrons. The number of aliphatic imine (C=N–C) groups is 1. The SMILES string of the molecule is CC(C)c1ccccc1/N=C1\SCC(=O)N1/N=C/c1ccc2c(ccc3c2ncn3-c2ccc(OC(F)(F)F)cc2)n1. The van der Waals surface area contributed by atoms with Gasteiger partial charge >= 0.3 is 6.36 Å². The summed E-state index contributed by atoms with van der Waals surface area (Å²) in [6.07, 6.45) is -1.62. The molecule has 1 amide bonds. The first-order valence-electron chi connectivity index (χ1n) is 13.0. The van der Waals surface area contributed by atoms with Crippen LogP contribution in [0.1, 0.15) is 31.0 Å². The van der Waals surface area contributed by atoms with E-state index in [-0.39, 0.29) is 23.3 Å². The average Bonchev–Trinajstić information content (AvgIpc) is 3.55. The molecule has 0 spiro atoms. The first-order valence-corrected chi connectivity index (χ1v) is 14.0. The first kappa shape index (κ1) is 27.5. The van der Waals surface area contributed by atoms with Gasteiger partial charge in [0.1, 0.15) is 12.1 Å². The fraction of sp³-hybridized carbons (Fsp3) is 0.167. The predicted molar refractivity (Wildman–Crippen MR) is 158 cm³/mol. The van der Waals surface area contributed by atoms with Crippen molar-refractivity contribution in [1.29, 1.82) is 0 Å². The average molecular weight is 589 g/mol. The first-order chi connectivity index (χ1) is 20.2. The molecule has 0 N–H and O–H groups in total. The third kappa shape index (κ3) is 5.57. The summed E-state index contributed by atoms with van der Waals surface area (Å²) in [6.45, 7) is 4.19. The van der Waals surface area contributed by atoms with E-state index in [0.717, 1.165) is 22.2 Å². The Bertz CT molecular complexity index is 1870. The van der Waals surface area contributed by atoms with Crippen LogP contribution in [0.3, 0.4) is 0 Å². The van der Waals surface area contributed by atoms with Crippen molar-refractivity contribution in [3.63, 3.8) is 0 Å². The van der Waals surface area contributed by atoms with Crippen LogP contribution in [0.5, 0.6) is 5.75 Å². The van der Waals surface area contributed by atoms with Crippen LogP contribution in [0.25, 0.3) is 27.6 Å². The van der Waals surface area contributed by atoms with E-state index in [4.69, 9.17) is 4.99 Å². The molecule has 0 bridgehead atoms. The van der Waals surface area contributed by atoms with Gasteiger partial charge in [0.25, 0.3) is 5.91 Å². The number of pyridine rings is 1. The Morgan fingerprint density at radius 3 is 2.57 bits per heavy atom. The van der Waals surface area contributed by atoms with Crippen molar-refractivity contribution >= 4 is 56.7 Å². The summed E-state index contributed by atoms with van der Waals surface area (Å²) in [4.78, 5) is 26.5. The number of ether oxygens (including phenoxy) is 1. The highest BCUT2D eigenvalue weighted by atomic mass is 32.2. The number of hydrogen-bond acceptors (Lipinski definition) is 7. The summed E-state index contributed by atoms with van der Waals surface area (Å²) in [5, 5.41) is 7.02. The number of aromatic nitrogens is 3. The van der Waals surface area contributed by atoms with Gasteiger partial charge in [-0.05, 0) is 66.1 Å². The maximum absolute atomic E-state index is 12.6. The van der Waals surface area contributed by atoms with Crippen LogP contribution in [-0.2, 0) is 4.79 Å². The lowest BCUT2D eigenvalue weighted by Crippen LogP contribution is -2.24. The number of amides is 1. The molecule has 5 aromatic rings. The minimum atomic E-state index is -4.75. The molecule has 3 heterocycles. The number of halogens is 3. The molecule has 42 heavy (non-hydrogen) atoms. The highest BCUT2D eigenvalue weighted by molar-refractivity contribution is 8.15. The fourth-order valence-electron chi connectivity index (χ4n) is 4.63. The minimum Gasteiger partial charge on any atom is -0.406 e. The standard InChI is InChI=1S/C30H23F3N6O2S/c1-18(2)22-5-3-4-6-24(22)37-29-39(27(40)16-42-29)35-15-19-7-12-23-25(36-19)13-14-26-28(23)34-17-38(26)20-8-10-21(11-9-20)41-30(31,32)33/h3-15,17-18H,16H2,1-2H3/b35-15+,37-29-. The zero-order valence-electron chi connectivity index (χ0n) is 22.4. The van der Waals surface area contributed by atoms with Crippen LogP contribution in [0.2, 0.25) is 0 Å². The Hall–Kier alpha value is -4.71. The van der Waals surface area contributed by atoms with E-state index < -0.39 is 6.36 Å². The van der Waals surface area contributed by atoms with Crippen LogP contribution in [0.15, 0.2) is 89.2 Å². The van der Waals surface area contributed by atoms with Gasteiger partial charge in [-0.15, -0.1) is 13.2 Å². The van der Waals surface area contributed by atoms with Gasteiger partial charge in [0.15, 0.2) is 5.17 Å². The second-order valence-corrected chi connectivity index (χ2v) is 10.7. The third-order valence-electron chi connectivity index (χ3n) is 6.58. The quantitative estimate of drug-likeness (QED) is 0.196. The smallest absolute Gasteiger partial charge is 0.406 e. The van der Waals surface area contributed by atoms with Gasteiger partial charge in [0, 0.05) is 11.1 Å². The van der Waals surface area contributed by atoms with Gasteiger partial charge in [-0.2, -0.15) is 10.1 Å². The highest BCUT2D eigenvalue weighted by Gasteiger charge is 2.31. The second kappa shape index (κ2) is 10.9. The third-order valence-corrected chi connectivity index (χ3v) is 7.49. The number of fused-ring (bicyclic) bond motifs is 3. The summed E-state index contributed by atoms with van der Waals surface area (Å²) in [5.41, 5.74) is 5.19. The monoisotopic (exact) mass is 588 g/mol. The fourth-order valence-corrected chi connectivity index (χ4v) is 5.44. The van der Waals surface area contributed by atoms with Crippen molar-refractivity contribution in [2.24, 2.45) is 10.1 Å². The van der Waals surface area contributed by atoms with E-state index in [0.29, 0.717) is 27.6 Å². The summed E-state index contributed by atoms with van der Waals surface area (Å²) < 4.78 is 43.2. The molecule has 12 heteroatoms. The number of hydrogen-bond donors (Lipinski definition) is 0. The van der Waals surface area contributed by atoms with E-state index in [1.807, 2.05) is 42.5 Å². The maximum atomic E-state index is 12.6. The number of carbonyl (C=O) groups excluding carboxylic acids is 1. The highest BCUT2D eigenvalue weighted by Crippen LogP contribution is 2.31. The summed E-state index contributed by atoms with van der Waals surface area (Å²) in [5.74, 6) is 0.0717. The van der Waals surface area contributed by atoms with Gasteiger partial charge in [-0.25, -0.2) is 15.0 Å². The molecule has 2 aromatic heterocycles. The van der Waals surface area contributed by atoms with Crippen molar-refractivity contribution in [3.05, 3.63) is 90.4 Å². The molecule has 0 unspecified atom stereocenters. The molecular formula is C30H23F3N6O2S. The Labute approximate surface area is 242 Å². The number of amidine groups is 1. The molecule has 6 rings (SSSR count). The topological polar surface area (TPSA) is 85.0 Å². The number of imidazole rings is 1. The van der Waals surface area contributed by atoms with Crippen molar-refractivity contribution in [3.8, 4) is 11.4 Å². The van der Waals surface area contributed by atoms with Crippen molar-refractivity contribution in [2.75, 3.05) is 5.75 Å². The molecular weight excluding hydrogens is 565 g/mol. The van der Waals surface area contributed by atoms with Crippen LogP contribution in [-0.4, -0.2) is 48.9 Å². The number of carbonyl (C=O) groups is 1. The van der Waals surface area contributed by atoms with E-state index in [1.54, 1.807) is 17.0 Å². The molecule has 3 aromatic carbocycles. The van der Waals surface area contributed by atoms with Gasteiger partial charge in [0.2, 0.25) is 0 Å². The molecule has 0 aliphatic carbocycles. The molecule has 8 nitrogen and oxygen atoms in total. The Balaban J connectivity index is 1.26. The summed E-state index contributed by atoms with van der Waals surface area (Å²) in [7, 11) is 0. The molecule has 0 radical (unpaired) electrons. The maximum Gasteiger partial charge on any atom is 0.573 e. The Kier molecular flexibility index (Phi) is 7.15. The molecule has 0 saturated carbocycles. The van der Waals surface area contributed by atoms with Crippen LogP contribution in [0.4, 0.5) is 18.9 Å². The molecule has 1 saturated heterocycles. The zero-order valence-corrected chi connectivity index (χ0v) is 23.2. The summed E-state index contributed by atoms with van der Waals surface area (Å²) in [6, 6.07) is 20.8. The van der Waals surface area contributed by atoms with Crippen LogP contribution >= 0.6 is 11.8 Å². The van der Waals surface area contributed by atoms with Gasteiger partial charge in [0.05, 0.1) is 39.9 Å². The number of alkyl halides is 3. The van der Waals surface area contributed by atoms with Crippen LogP contribution in [0, 0.1) is 0 Å². The lowest BCUT2D eigenvalue weighted by atomic mass is 10.0. The Morgan fingerprint density at radius 1 is 1.02 bits per heavy atom. The van der Waals surface area contributed by atoms with Crippen molar-refractivity contribution in [1.82, 2.24) is 19.5 Å².